The van der Waals surface area contributed by atoms with Crippen LogP contribution in [0.1, 0.15) is 22.5 Å². The topological polar surface area (TPSA) is 67.6 Å². The Hall–Kier alpha value is -1.08. The average Bonchev–Trinajstić information content (AvgIpc) is 3.21. The molecule has 0 aromatic carbocycles. The molecule has 0 unspecified atom stereocenters. The van der Waals surface area contributed by atoms with E-state index in [-0.39, 0.29) is 5.91 Å². The van der Waals surface area contributed by atoms with Crippen LogP contribution in [0.2, 0.25) is 0 Å². The smallest absolute Gasteiger partial charge is 0.263 e. The van der Waals surface area contributed by atoms with Gasteiger partial charge >= 0.3 is 0 Å². The van der Waals surface area contributed by atoms with E-state index in [9.17, 15) is 4.79 Å². The second-order valence-electron chi connectivity index (χ2n) is 5.03. The van der Waals surface area contributed by atoms with Gasteiger partial charge in [-0.25, -0.2) is 0 Å². The maximum absolute atomic E-state index is 12.2. The number of amides is 1. The van der Waals surface area contributed by atoms with Crippen LogP contribution in [0.25, 0.3) is 0 Å². The van der Waals surface area contributed by atoms with Gasteiger partial charge in [0.1, 0.15) is 15.6 Å². The molecule has 0 spiro atoms. The van der Waals surface area contributed by atoms with Crippen LogP contribution < -0.4 is 20.7 Å². The highest BCUT2D eigenvalue weighted by Gasteiger charge is 2.29. The largest absolute Gasteiger partial charge is 0.492 e. The van der Waals surface area contributed by atoms with Gasteiger partial charge < -0.3 is 20.7 Å². The monoisotopic (exact) mass is 313 g/mol. The lowest BCUT2D eigenvalue weighted by molar-refractivity contribution is 0.0956. The zero-order valence-electron chi connectivity index (χ0n) is 11.5. The van der Waals surface area contributed by atoms with Crippen molar-refractivity contribution in [2.45, 2.75) is 18.9 Å². The number of hydrogen-bond acceptors (Lipinski definition) is 6. The third-order valence-corrected chi connectivity index (χ3v) is 5.69. The summed E-state index contributed by atoms with van der Waals surface area (Å²) in [5, 5.41) is 3.98. The van der Waals surface area contributed by atoms with Crippen molar-refractivity contribution in [2.75, 3.05) is 42.3 Å². The van der Waals surface area contributed by atoms with Crippen LogP contribution in [0, 0.1) is 0 Å². The van der Waals surface area contributed by atoms with E-state index in [1.165, 1.54) is 11.3 Å². The van der Waals surface area contributed by atoms with Gasteiger partial charge in [0, 0.05) is 30.6 Å². The van der Waals surface area contributed by atoms with Gasteiger partial charge in [-0.3, -0.25) is 4.79 Å². The molecular formula is C13H19N3O2S2. The van der Waals surface area contributed by atoms with Gasteiger partial charge in [0.2, 0.25) is 0 Å². The minimum Gasteiger partial charge on any atom is -0.492 e. The molecule has 5 nitrogen and oxygen atoms in total. The third-order valence-electron chi connectivity index (χ3n) is 3.50. The van der Waals surface area contributed by atoms with Crippen molar-refractivity contribution in [3.63, 3.8) is 0 Å². The van der Waals surface area contributed by atoms with Gasteiger partial charge in [-0.2, -0.15) is 11.8 Å². The lowest BCUT2D eigenvalue weighted by Gasteiger charge is -2.27. The summed E-state index contributed by atoms with van der Waals surface area (Å²) in [7, 11) is 1.61. The summed E-state index contributed by atoms with van der Waals surface area (Å²) in [5.74, 6) is 2.79. The maximum atomic E-state index is 12.2. The molecule has 110 valence electrons. The van der Waals surface area contributed by atoms with Gasteiger partial charge in [0.05, 0.1) is 7.11 Å². The first-order valence-corrected chi connectivity index (χ1v) is 8.77. The molecular weight excluding hydrogens is 294 g/mol. The summed E-state index contributed by atoms with van der Waals surface area (Å²) in [6.07, 6.45) is 2.15. The van der Waals surface area contributed by atoms with E-state index < -0.39 is 0 Å². The van der Waals surface area contributed by atoms with Crippen LogP contribution in [0.3, 0.4) is 0 Å². The number of carbonyl (C=O) groups is 1. The van der Waals surface area contributed by atoms with E-state index in [0.717, 1.165) is 42.4 Å². The highest BCUT2D eigenvalue weighted by atomic mass is 32.2. The Bertz CT molecular complexity index is 508. The Kier molecular flexibility index (Phi) is 3.98. The minimum absolute atomic E-state index is 0.0639. The lowest BCUT2D eigenvalue weighted by Crippen LogP contribution is -2.32. The Morgan fingerprint density at radius 1 is 1.40 bits per heavy atom. The highest BCUT2D eigenvalue weighted by Crippen LogP contribution is 2.45. The van der Waals surface area contributed by atoms with Crippen molar-refractivity contribution in [3.05, 3.63) is 4.88 Å². The lowest BCUT2D eigenvalue weighted by atomic mass is 10.3. The summed E-state index contributed by atoms with van der Waals surface area (Å²) >= 11 is 3.40. The molecule has 7 heteroatoms. The van der Waals surface area contributed by atoms with E-state index >= 15 is 0 Å². The molecule has 0 bridgehead atoms. The Morgan fingerprint density at radius 2 is 2.10 bits per heavy atom. The standard InChI is InChI=1S/C13H19N3O2S2/c1-18-10-9(14)11(12(17)15-8-2-3-8)20-13(10)16-4-6-19-7-5-16/h8H,2-7,14H2,1H3,(H,15,17). The van der Waals surface area contributed by atoms with Crippen LogP contribution in [0.4, 0.5) is 10.7 Å². The first-order valence-electron chi connectivity index (χ1n) is 6.80. The van der Waals surface area contributed by atoms with Crippen LogP contribution in [0.5, 0.6) is 5.75 Å². The SMILES string of the molecule is COc1c(N2CCSCC2)sc(C(=O)NC2CC2)c1N. The molecule has 1 saturated carbocycles. The number of methoxy groups -OCH3 is 1. The average molecular weight is 313 g/mol. The predicted molar refractivity (Wildman–Crippen MR) is 85.3 cm³/mol. The molecule has 20 heavy (non-hydrogen) atoms. The van der Waals surface area contributed by atoms with Gasteiger partial charge in [-0.1, -0.05) is 0 Å². The second kappa shape index (κ2) is 5.73. The summed E-state index contributed by atoms with van der Waals surface area (Å²) in [6, 6.07) is 0.338. The van der Waals surface area contributed by atoms with Gasteiger partial charge in [0.15, 0.2) is 5.75 Å². The molecule has 2 heterocycles. The highest BCUT2D eigenvalue weighted by molar-refractivity contribution is 7.99. The van der Waals surface area contributed by atoms with E-state index in [1.807, 2.05) is 11.8 Å². The summed E-state index contributed by atoms with van der Waals surface area (Å²) in [4.78, 5) is 15.1. The molecule has 1 aromatic heterocycles. The number of ether oxygens (including phenoxy) is 1. The summed E-state index contributed by atoms with van der Waals surface area (Å²) < 4.78 is 5.44. The second-order valence-corrected chi connectivity index (χ2v) is 7.25. The number of carbonyl (C=O) groups excluding carboxylic acids is 1. The van der Waals surface area contributed by atoms with E-state index in [2.05, 4.69) is 10.2 Å². The van der Waals surface area contributed by atoms with E-state index in [4.69, 9.17) is 10.5 Å². The molecule has 1 aliphatic heterocycles. The number of nitrogens with two attached hydrogens (primary N) is 1. The number of anilines is 2. The van der Waals surface area contributed by atoms with Crippen LogP contribution in [-0.2, 0) is 0 Å². The van der Waals surface area contributed by atoms with Gasteiger partial charge in [0.25, 0.3) is 5.91 Å². The summed E-state index contributed by atoms with van der Waals surface area (Å²) in [5.41, 5.74) is 6.59. The summed E-state index contributed by atoms with van der Waals surface area (Å²) in [6.45, 7) is 1.95. The molecule has 1 aliphatic carbocycles. The van der Waals surface area contributed by atoms with Crippen molar-refractivity contribution in [2.24, 2.45) is 0 Å². The maximum Gasteiger partial charge on any atom is 0.263 e. The number of nitrogens with zero attached hydrogens (tertiary/aromatic N) is 1. The van der Waals surface area contributed by atoms with Crippen molar-refractivity contribution in [1.29, 1.82) is 0 Å². The fourth-order valence-corrected chi connectivity index (χ4v) is 4.28. The predicted octanol–water partition coefficient (Wildman–Crippen LogP) is 1.78. The fourth-order valence-electron chi connectivity index (χ4n) is 2.24. The quantitative estimate of drug-likeness (QED) is 0.887. The molecule has 1 amide bonds. The van der Waals surface area contributed by atoms with E-state index in [0.29, 0.717) is 22.4 Å². The molecule has 2 fully saturated rings. The van der Waals surface area contributed by atoms with Crippen LogP contribution >= 0.6 is 23.1 Å². The zero-order chi connectivity index (χ0) is 14.1. The number of nitrogens with one attached hydrogen (secondary N) is 1. The van der Waals surface area contributed by atoms with Crippen LogP contribution in [0.15, 0.2) is 0 Å². The Balaban J connectivity index is 1.86. The molecule has 3 N–H and O–H groups in total. The Morgan fingerprint density at radius 3 is 2.70 bits per heavy atom. The van der Waals surface area contributed by atoms with Gasteiger partial charge in [-0.15, -0.1) is 11.3 Å². The van der Waals surface area contributed by atoms with Crippen molar-refractivity contribution in [3.8, 4) is 5.75 Å². The van der Waals surface area contributed by atoms with Crippen molar-refractivity contribution in [1.82, 2.24) is 5.32 Å². The minimum atomic E-state index is -0.0639. The molecule has 1 aromatic rings. The molecule has 1 saturated heterocycles. The number of rotatable bonds is 4. The normalized spacial score (nSPS) is 18.9. The molecule has 2 aliphatic rings. The number of hydrogen-bond donors (Lipinski definition) is 2. The molecule has 0 atom stereocenters. The van der Waals surface area contributed by atoms with Crippen LogP contribution in [-0.4, -0.2) is 43.7 Å². The first-order chi connectivity index (χ1) is 9.70. The Labute approximate surface area is 126 Å². The van der Waals surface area contributed by atoms with E-state index in [1.54, 1.807) is 7.11 Å². The molecule has 3 rings (SSSR count). The zero-order valence-corrected chi connectivity index (χ0v) is 13.1. The first kappa shape index (κ1) is 13.9. The number of thioether (sulfide) groups is 1. The fraction of sp³-hybridized carbons (Fsp3) is 0.615. The third kappa shape index (κ3) is 2.69. The van der Waals surface area contributed by atoms with Crippen molar-refractivity contribution >= 4 is 39.7 Å². The number of thiophene rings is 1. The van der Waals surface area contributed by atoms with Gasteiger partial charge in [-0.05, 0) is 12.8 Å². The molecule has 0 radical (unpaired) electrons. The van der Waals surface area contributed by atoms with Crippen molar-refractivity contribution < 1.29 is 9.53 Å². The number of nitrogen functional groups attached to an aromatic ring is 1.